The summed E-state index contributed by atoms with van der Waals surface area (Å²) in [6, 6.07) is -0.0742. The van der Waals surface area contributed by atoms with Crippen LogP contribution in [0.1, 0.15) is 27.2 Å². The summed E-state index contributed by atoms with van der Waals surface area (Å²) in [4.78, 5) is 13.8. The molecule has 0 spiro atoms. The Bertz CT molecular complexity index is 263. The molecule has 1 unspecified atom stereocenters. The lowest BCUT2D eigenvalue weighted by atomic mass is 10.0. The molecule has 1 atom stereocenters. The van der Waals surface area contributed by atoms with Crippen LogP contribution >= 0.6 is 24.8 Å². The van der Waals surface area contributed by atoms with Gasteiger partial charge < -0.3 is 15.8 Å². The maximum absolute atomic E-state index is 11.4. The normalized spacial score (nSPS) is 19.8. The van der Waals surface area contributed by atoms with Gasteiger partial charge in [-0.05, 0) is 20.8 Å². The second kappa shape index (κ2) is 9.77. The summed E-state index contributed by atoms with van der Waals surface area (Å²) in [5.41, 5.74) is 5.62. The molecule has 1 heterocycles. The number of rotatable bonds is 5. The van der Waals surface area contributed by atoms with Crippen LogP contribution in [-0.4, -0.2) is 55.2 Å². The van der Waals surface area contributed by atoms with Crippen molar-refractivity contribution < 1.29 is 9.53 Å². The highest BCUT2D eigenvalue weighted by molar-refractivity contribution is 5.85. The first-order chi connectivity index (χ1) is 7.92. The molecule has 7 heteroatoms. The molecule has 0 saturated carbocycles. The van der Waals surface area contributed by atoms with Gasteiger partial charge in [-0.1, -0.05) is 0 Å². The number of nitrogens with one attached hydrogen (secondary N) is 1. The Kier molecular flexibility index (Phi) is 10.9. The topological polar surface area (TPSA) is 67.6 Å². The molecule has 1 aliphatic rings. The second-order valence-corrected chi connectivity index (χ2v) is 5.38. The van der Waals surface area contributed by atoms with E-state index in [4.69, 9.17) is 10.5 Å². The molecule has 0 bridgehead atoms. The third-order valence-electron chi connectivity index (χ3n) is 3.03. The van der Waals surface area contributed by atoms with Gasteiger partial charge in [0, 0.05) is 37.6 Å². The third-order valence-corrected chi connectivity index (χ3v) is 3.03. The number of nitrogens with two attached hydrogens (primary N) is 1. The summed E-state index contributed by atoms with van der Waals surface area (Å²) in [7, 11) is 0. The molecule has 5 nitrogen and oxygen atoms in total. The van der Waals surface area contributed by atoms with E-state index in [0.717, 1.165) is 26.3 Å². The summed E-state index contributed by atoms with van der Waals surface area (Å²) in [5, 5.41) is 2.90. The monoisotopic (exact) mass is 315 g/mol. The van der Waals surface area contributed by atoms with Gasteiger partial charge in [0.2, 0.25) is 5.91 Å². The molecule has 0 radical (unpaired) electrons. The molecule has 19 heavy (non-hydrogen) atoms. The molecule has 3 N–H and O–H groups in total. The van der Waals surface area contributed by atoms with Gasteiger partial charge in [0.25, 0.3) is 0 Å². The van der Waals surface area contributed by atoms with Crippen molar-refractivity contribution in [2.24, 2.45) is 5.73 Å². The van der Waals surface area contributed by atoms with Gasteiger partial charge >= 0.3 is 0 Å². The maximum Gasteiger partial charge on any atom is 0.221 e. The van der Waals surface area contributed by atoms with Crippen LogP contribution in [0.3, 0.4) is 0 Å². The molecule has 1 saturated heterocycles. The first kappa shape index (κ1) is 21.2. The highest BCUT2D eigenvalue weighted by Crippen LogP contribution is 2.17. The van der Waals surface area contributed by atoms with E-state index < -0.39 is 0 Å². The van der Waals surface area contributed by atoms with E-state index in [1.165, 1.54) is 0 Å². The van der Waals surface area contributed by atoms with Crippen LogP contribution < -0.4 is 11.1 Å². The molecule has 116 valence electrons. The number of ether oxygens (including phenoxy) is 1. The van der Waals surface area contributed by atoms with Gasteiger partial charge in [0.1, 0.15) is 0 Å². The van der Waals surface area contributed by atoms with Crippen molar-refractivity contribution in [3.63, 3.8) is 0 Å². The minimum absolute atomic E-state index is 0. The molecule has 0 aliphatic carbocycles. The highest BCUT2D eigenvalue weighted by atomic mass is 35.5. The fraction of sp³-hybridized carbons (Fsp3) is 0.917. The van der Waals surface area contributed by atoms with Gasteiger partial charge in [-0.25, -0.2) is 0 Å². The summed E-state index contributed by atoms with van der Waals surface area (Å²) in [6.45, 7) is 10.2. The fourth-order valence-corrected chi connectivity index (χ4v) is 2.00. The molecular weight excluding hydrogens is 289 g/mol. The van der Waals surface area contributed by atoms with Crippen LogP contribution in [-0.2, 0) is 9.53 Å². The van der Waals surface area contributed by atoms with E-state index in [1.54, 1.807) is 0 Å². The van der Waals surface area contributed by atoms with Crippen LogP contribution in [0.2, 0.25) is 0 Å². The Morgan fingerprint density at radius 2 is 2.11 bits per heavy atom. The van der Waals surface area contributed by atoms with E-state index in [-0.39, 0.29) is 42.3 Å². The summed E-state index contributed by atoms with van der Waals surface area (Å²) < 4.78 is 5.45. The molecule has 1 fully saturated rings. The van der Waals surface area contributed by atoms with Crippen LogP contribution in [0, 0.1) is 0 Å². The quantitative estimate of drug-likeness (QED) is 0.787. The maximum atomic E-state index is 11.4. The summed E-state index contributed by atoms with van der Waals surface area (Å²) in [5.74, 6) is 0.0334. The van der Waals surface area contributed by atoms with Gasteiger partial charge in [-0.2, -0.15) is 0 Å². The van der Waals surface area contributed by atoms with Crippen LogP contribution in [0.15, 0.2) is 0 Å². The predicted octanol–water partition coefficient (Wildman–Crippen LogP) is 0.794. The minimum atomic E-state index is -0.0742. The van der Waals surface area contributed by atoms with Crippen LogP contribution in [0.4, 0.5) is 0 Å². The average Bonchev–Trinajstić information content (AvgIpc) is 2.19. The largest absolute Gasteiger partial charge is 0.378 e. The lowest BCUT2D eigenvalue weighted by molar-refractivity contribution is -0.121. The Labute approximate surface area is 128 Å². The molecule has 1 amide bonds. The van der Waals surface area contributed by atoms with Crippen LogP contribution in [0.5, 0.6) is 0 Å². The van der Waals surface area contributed by atoms with E-state index in [2.05, 4.69) is 24.1 Å². The number of carbonyl (C=O) groups is 1. The summed E-state index contributed by atoms with van der Waals surface area (Å²) in [6.07, 6.45) is 0.395. The van der Waals surface area contributed by atoms with Crippen molar-refractivity contribution in [1.82, 2.24) is 10.2 Å². The molecule has 1 rings (SSSR count). The van der Waals surface area contributed by atoms with Gasteiger partial charge in [0.15, 0.2) is 0 Å². The van der Waals surface area contributed by atoms with Crippen molar-refractivity contribution in [2.75, 3.05) is 32.8 Å². The van der Waals surface area contributed by atoms with Crippen LogP contribution in [0.25, 0.3) is 0 Å². The lowest BCUT2D eigenvalue weighted by Crippen LogP contribution is -2.54. The first-order valence-corrected chi connectivity index (χ1v) is 6.27. The standard InChI is InChI=1S/C12H25N3O2.2ClH/c1-10(13)8-11(16)14-4-5-15-6-7-17-9-12(15,2)3;;/h10H,4-9,13H2,1-3H3,(H,14,16);2*1H. The van der Waals surface area contributed by atoms with Crippen molar-refractivity contribution in [3.8, 4) is 0 Å². The number of carbonyl (C=O) groups excluding carboxylic acids is 1. The summed E-state index contributed by atoms with van der Waals surface area (Å²) >= 11 is 0. The van der Waals surface area contributed by atoms with E-state index >= 15 is 0 Å². The van der Waals surface area contributed by atoms with E-state index in [0.29, 0.717) is 13.0 Å². The first-order valence-electron chi connectivity index (χ1n) is 6.27. The second-order valence-electron chi connectivity index (χ2n) is 5.38. The molecule has 0 aromatic rings. The number of hydrogen-bond donors (Lipinski definition) is 2. The molecule has 1 aliphatic heterocycles. The Balaban J connectivity index is 0. The van der Waals surface area contributed by atoms with E-state index in [9.17, 15) is 4.79 Å². The lowest BCUT2D eigenvalue weighted by Gasteiger charge is -2.42. The minimum Gasteiger partial charge on any atom is -0.378 e. The average molecular weight is 316 g/mol. The van der Waals surface area contributed by atoms with Crippen molar-refractivity contribution in [3.05, 3.63) is 0 Å². The number of hydrogen-bond acceptors (Lipinski definition) is 4. The smallest absolute Gasteiger partial charge is 0.221 e. The zero-order valence-corrected chi connectivity index (χ0v) is 13.6. The molecular formula is C12H27Cl2N3O2. The van der Waals surface area contributed by atoms with Crippen molar-refractivity contribution in [2.45, 2.75) is 38.8 Å². The zero-order chi connectivity index (χ0) is 12.9. The molecule has 0 aromatic heterocycles. The Morgan fingerprint density at radius 3 is 2.63 bits per heavy atom. The number of amides is 1. The molecule has 0 aromatic carbocycles. The number of morpholine rings is 1. The Hall–Kier alpha value is -0.0700. The van der Waals surface area contributed by atoms with Crippen molar-refractivity contribution in [1.29, 1.82) is 0 Å². The van der Waals surface area contributed by atoms with Gasteiger partial charge in [0.05, 0.1) is 13.2 Å². The SMILES string of the molecule is CC(N)CC(=O)NCCN1CCOCC1(C)C.Cl.Cl. The number of halogens is 2. The third kappa shape index (κ3) is 7.95. The fourth-order valence-electron chi connectivity index (χ4n) is 2.00. The van der Waals surface area contributed by atoms with Gasteiger partial charge in [-0.15, -0.1) is 24.8 Å². The van der Waals surface area contributed by atoms with E-state index in [1.807, 2.05) is 6.92 Å². The van der Waals surface area contributed by atoms with Gasteiger partial charge in [-0.3, -0.25) is 9.69 Å². The predicted molar refractivity (Wildman–Crippen MR) is 82.2 cm³/mol. The zero-order valence-electron chi connectivity index (χ0n) is 12.0. The van der Waals surface area contributed by atoms with Crippen molar-refractivity contribution >= 4 is 30.7 Å². The Morgan fingerprint density at radius 1 is 1.47 bits per heavy atom. The highest BCUT2D eigenvalue weighted by Gasteiger charge is 2.29. The number of nitrogens with zero attached hydrogens (tertiary/aromatic N) is 1.